The van der Waals surface area contributed by atoms with Crippen LogP contribution in [-0.2, 0) is 28.4 Å². The van der Waals surface area contributed by atoms with Crippen molar-refractivity contribution in [2.45, 2.75) is 56.7 Å². The molecule has 1 aromatic heterocycles. The number of carbonyl (C=O) groups excluding carboxylic acids is 1. The number of methoxy groups -OCH3 is 1. The number of halogens is 6. The van der Waals surface area contributed by atoms with Gasteiger partial charge in [0.1, 0.15) is 17.7 Å². The molecule has 244 valence electrons. The van der Waals surface area contributed by atoms with E-state index in [0.717, 1.165) is 25.1 Å². The van der Waals surface area contributed by atoms with Crippen molar-refractivity contribution in [2.75, 3.05) is 25.1 Å². The number of carbonyl (C=O) groups is 2. The van der Waals surface area contributed by atoms with Crippen molar-refractivity contribution in [1.29, 1.82) is 0 Å². The van der Waals surface area contributed by atoms with Crippen LogP contribution < -0.4 is 9.64 Å². The van der Waals surface area contributed by atoms with Gasteiger partial charge in [-0.2, -0.15) is 26.3 Å². The molecule has 2 saturated heterocycles. The number of cyclic esters (lactones) is 1. The lowest BCUT2D eigenvalue weighted by Crippen LogP contribution is -2.38. The van der Waals surface area contributed by atoms with E-state index in [1.807, 2.05) is 23.1 Å². The molecule has 3 fully saturated rings. The lowest BCUT2D eigenvalue weighted by molar-refractivity contribution is -0.143. The molecule has 0 radical (unpaired) electrons. The van der Waals surface area contributed by atoms with Gasteiger partial charge in [-0.15, -0.1) is 0 Å². The number of carboxylic acids is 1. The number of hydrogen-bond acceptors (Lipinski definition) is 6. The average Bonchev–Trinajstić information content (AvgIpc) is 3.73. The van der Waals surface area contributed by atoms with E-state index in [1.165, 1.54) is 18.9 Å². The van der Waals surface area contributed by atoms with E-state index in [4.69, 9.17) is 14.5 Å². The van der Waals surface area contributed by atoms with E-state index in [0.29, 0.717) is 46.9 Å². The second-order valence-corrected chi connectivity index (χ2v) is 11.8. The summed E-state index contributed by atoms with van der Waals surface area (Å²) in [6.07, 6.45) is -11.0. The van der Waals surface area contributed by atoms with Gasteiger partial charge < -0.3 is 19.5 Å². The summed E-state index contributed by atoms with van der Waals surface area (Å²) < 4.78 is 92.5. The lowest BCUT2D eigenvalue weighted by atomic mass is 9.96. The molecule has 0 unspecified atom stereocenters. The number of aliphatic carboxylic acids is 1. The number of carboxylic acid groups (broad SMARTS) is 1. The van der Waals surface area contributed by atoms with E-state index in [9.17, 15) is 41.0 Å². The summed E-state index contributed by atoms with van der Waals surface area (Å²) in [7, 11) is 1.48. The molecule has 2 aliphatic heterocycles. The summed E-state index contributed by atoms with van der Waals surface area (Å²) >= 11 is 0. The van der Waals surface area contributed by atoms with E-state index < -0.39 is 59.2 Å². The minimum absolute atomic E-state index is 0.0298. The predicted octanol–water partition coefficient (Wildman–Crippen LogP) is 7.28. The second-order valence-electron chi connectivity index (χ2n) is 11.8. The summed E-state index contributed by atoms with van der Waals surface area (Å²) in [5.74, 6) is -0.462. The van der Waals surface area contributed by atoms with Crippen LogP contribution in [-0.4, -0.2) is 53.3 Å². The Morgan fingerprint density at radius 1 is 0.978 bits per heavy atom. The highest BCUT2D eigenvalue weighted by Crippen LogP contribution is 2.49. The number of nitrogens with zero attached hydrogens (tertiary/aromatic N) is 3. The van der Waals surface area contributed by atoms with Crippen LogP contribution in [0.1, 0.15) is 59.7 Å². The monoisotopic (exact) mass is 649 g/mol. The first-order valence-corrected chi connectivity index (χ1v) is 14.6. The first-order valence-electron chi connectivity index (χ1n) is 14.6. The zero-order chi connectivity index (χ0) is 33.1. The van der Waals surface area contributed by atoms with E-state index in [2.05, 4.69) is 0 Å². The van der Waals surface area contributed by atoms with Crippen molar-refractivity contribution in [3.63, 3.8) is 0 Å². The van der Waals surface area contributed by atoms with Gasteiger partial charge in [0.15, 0.2) is 0 Å². The number of hydrogen-bond donors (Lipinski definition) is 1. The van der Waals surface area contributed by atoms with Gasteiger partial charge in [0.05, 0.1) is 42.4 Å². The molecular weight excluding hydrogens is 620 g/mol. The Morgan fingerprint density at radius 2 is 1.65 bits per heavy atom. The molecule has 0 bridgehead atoms. The summed E-state index contributed by atoms with van der Waals surface area (Å²) in [4.78, 5) is 32.8. The molecule has 1 saturated carbocycles. The quantitative estimate of drug-likeness (QED) is 0.257. The maximum Gasteiger partial charge on any atom is 0.416 e. The average molecular weight is 650 g/mol. The Bertz CT molecular complexity index is 1660. The van der Waals surface area contributed by atoms with Crippen LogP contribution in [0.25, 0.3) is 11.1 Å². The van der Waals surface area contributed by atoms with Gasteiger partial charge in [0, 0.05) is 24.2 Å². The van der Waals surface area contributed by atoms with Gasteiger partial charge in [0.25, 0.3) is 0 Å². The van der Waals surface area contributed by atoms with Gasteiger partial charge >= 0.3 is 24.4 Å². The van der Waals surface area contributed by atoms with E-state index >= 15 is 0 Å². The molecule has 3 heterocycles. The molecule has 8 nitrogen and oxygen atoms in total. The fourth-order valence-corrected chi connectivity index (χ4v) is 6.04. The summed E-state index contributed by atoms with van der Waals surface area (Å²) in [5, 5.41) is 9.45. The number of ether oxygens (including phenoxy) is 2. The third-order valence-corrected chi connectivity index (χ3v) is 8.84. The van der Waals surface area contributed by atoms with Crippen LogP contribution in [0.15, 0.2) is 48.5 Å². The molecule has 3 aromatic rings. The standard InChI is InChI=1S/C32H29F6N3O5/c1-16-28(18-10-19(31(33,34)35)13-20(11-18)32(36,37)38)46-30(44)41(16)15-25-21(5-7-27(39-25)40-8-3-9-40)23-12-17(4-6-26(23)45-2)22-14-24(22)29(42)43/h4-7,10-13,16,22,24,28H,3,8-9,14-15H2,1-2H3,(H,42,43)/t16-,22-,24+,28-/m0/s1. The van der Waals surface area contributed by atoms with Crippen molar-refractivity contribution in [3.05, 3.63) is 76.5 Å². The van der Waals surface area contributed by atoms with Gasteiger partial charge in [0.2, 0.25) is 0 Å². The highest BCUT2D eigenvalue weighted by molar-refractivity contribution is 5.78. The minimum Gasteiger partial charge on any atom is -0.496 e. The molecular formula is C32H29F6N3O5. The zero-order valence-corrected chi connectivity index (χ0v) is 24.7. The van der Waals surface area contributed by atoms with Gasteiger partial charge in [-0.25, -0.2) is 9.78 Å². The number of rotatable bonds is 8. The molecule has 3 aliphatic rings. The zero-order valence-electron chi connectivity index (χ0n) is 24.7. The Morgan fingerprint density at radius 3 is 2.20 bits per heavy atom. The number of pyridine rings is 1. The van der Waals surface area contributed by atoms with Gasteiger partial charge in [-0.05, 0) is 79.3 Å². The van der Waals surface area contributed by atoms with Crippen LogP contribution in [0.3, 0.4) is 0 Å². The van der Waals surface area contributed by atoms with Crippen molar-refractivity contribution >= 4 is 17.9 Å². The summed E-state index contributed by atoms with van der Waals surface area (Å²) in [6, 6.07) is 9.18. The smallest absolute Gasteiger partial charge is 0.416 e. The van der Waals surface area contributed by atoms with Crippen LogP contribution in [0.5, 0.6) is 5.75 Å². The van der Waals surface area contributed by atoms with Crippen molar-refractivity contribution in [2.24, 2.45) is 5.92 Å². The third kappa shape index (κ3) is 5.92. The highest BCUT2D eigenvalue weighted by Gasteiger charge is 2.45. The molecule has 2 aromatic carbocycles. The second kappa shape index (κ2) is 11.4. The largest absolute Gasteiger partial charge is 0.496 e. The fourth-order valence-electron chi connectivity index (χ4n) is 6.04. The Kier molecular flexibility index (Phi) is 7.80. The number of amides is 1. The lowest BCUT2D eigenvalue weighted by Gasteiger charge is -2.33. The fraction of sp³-hybridized carbons (Fsp3) is 0.406. The molecule has 0 spiro atoms. The molecule has 1 aliphatic carbocycles. The topological polar surface area (TPSA) is 92.2 Å². The molecule has 1 N–H and O–H groups in total. The van der Waals surface area contributed by atoms with Crippen molar-refractivity contribution in [1.82, 2.24) is 9.88 Å². The third-order valence-electron chi connectivity index (χ3n) is 8.84. The molecule has 6 rings (SSSR count). The van der Waals surface area contributed by atoms with Crippen LogP contribution >= 0.6 is 0 Å². The number of alkyl halides is 6. The normalized spacial score (nSPS) is 22.8. The Hall–Kier alpha value is -4.49. The Balaban J connectivity index is 1.37. The molecule has 14 heteroatoms. The minimum atomic E-state index is -5.06. The van der Waals surface area contributed by atoms with Crippen LogP contribution in [0, 0.1) is 5.92 Å². The molecule has 1 amide bonds. The maximum atomic E-state index is 13.6. The van der Waals surface area contributed by atoms with Crippen LogP contribution in [0.2, 0.25) is 0 Å². The van der Waals surface area contributed by atoms with Crippen molar-refractivity contribution in [3.8, 4) is 16.9 Å². The highest BCUT2D eigenvalue weighted by atomic mass is 19.4. The van der Waals surface area contributed by atoms with Gasteiger partial charge in [-0.1, -0.05) is 6.07 Å². The Labute approximate surface area is 259 Å². The summed E-state index contributed by atoms with van der Waals surface area (Å²) in [6.45, 7) is 2.85. The molecule has 4 atom stereocenters. The number of anilines is 1. The number of benzene rings is 2. The van der Waals surface area contributed by atoms with Gasteiger partial charge in [-0.3, -0.25) is 9.69 Å². The number of aromatic nitrogens is 1. The van der Waals surface area contributed by atoms with Crippen LogP contribution in [0.4, 0.5) is 37.0 Å². The predicted molar refractivity (Wildman–Crippen MR) is 152 cm³/mol. The first-order chi connectivity index (χ1) is 21.7. The maximum absolute atomic E-state index is 13.6. The van der Waals surface area contributed by atoms with Crippen molar-refractivity contribution < 1.29 is 50.5 Å². The van der Waals surface area contributed by atoms with E-state index in [1.54, 1.807) is 12.1 Å². The first kappa shape index (κ1) is 31.5. The summed E-state index contributed by atoms with van der Waals surface area (Å²) in [5.41, 5.74) is -1.08. The SMILES string of the molecule is COc1ccc([C@@H]2C[C@H]2C(=O)O)cc1-c1ccc(N2CCC2)nc1CN1C(=O)O[C@H](c2cc(C(F)(F)F)cc(C(F)(F)F)c2)[C@@H]1C. The molecule has 46 heavy (non-hydrogen) atoms. The van der Waals surface area contributed by atoms with E-state index in [-0.39, 0.29) is 18.5 Å².